The highest BCUT2D eigenvalue weighted by atomic mass is 16.5. The number of hydrogen-bond acceptors (Lipinski definition) is 6. The van der Waals surface area contributed by atoms with Crippen LogP contribution in [0.5, 0.6) is 0 Å². The summed E-state index contributed by atoms with van der Waals surface area (Å²) in [7, 11) is 0. The van der Waals surface area contributed by atoms with Gasteiger partial charge in [0.1, 0.15) is 11.3 Å². The number of ether oxygens (including phenoxy) is 1. The molecule has 8 nitrogen and oxygen atoms in total. The number of hydrogen-bond donors (Lipinski definition) is 0. The number of tetrazole rings is 1. The zero-order chi connectivity index (χ0) is 20.5. The van der Waals surface area contributed by atoms with E-state index in [-0.39, 0.29) is 6.61 Å². The topological polar surface area (TPSA) is 87.7 Å². The normalized spacial score (nSPS) is 13.4. The molecule has 2 aromatic carbocycles. The van der Waals surface area contributed by atoms with Gasteiger partial charge in [0.15, 0.2) is 12.4 Å². The average molecular weight is 400 g/mol. The highest BCUT2D eigenvalue weighted by molar-refractivity contribution is 5.96. The molecular weight excluding hydrogens is 380 g/mol. The van der Waals surface area contributed by atoms with Crippen LogP contribution in [0.2, 0.25) is 0 Å². The second-order valence-corrected chi connectivity index (χ2v) is 7.38. The number of rotatable bonds is 6. The molecule has 2 heterocycles. The quantitative estimate of drug-likeness (QED) is 0.460. The second-order valence-electron chi connectivity index (χ2n) is 7.38. The van der Waals surface area contributed by atoms with E-state index >= 15 is 0 Å². The summed E-state index contributed by atoms with van der Waals surface area (Å²) >= 11 is 0. The Bertz CT molecular complexity index is 1180. The molecule has 1 fully saturated rings. The zero-order valence-electron chi connectivity index (χ0n) is 16.5. The molecule has 0 radical (unpaired) electrons. The molecule has 0 aliphatic heterocycles. The lowest BCUT2D eigenvalue weighted by molar-refractivity contribution is 0.0457. The Morgan fingerprint density at radius 1 is 1.10 bits per heavy atom. The maximum atomic E-state index is 13.0. The molecular formula is C22H20N6O2. The Kier molecular flexibility index (Phi) is 4.59. The molecule has 1 aliphatic rings. The fraction of sp³-hybridized carbons (Fsp3) is 0.227. The number of aryl methyl sites for hydroxylation is 1. The Hall–Kier alpha value is -3.81. The van der Waals surface area contributed by atoms with Crippen molar-refractivity contribution in [1.82, 2.24) is 30.0 Å². The van der Waals surface area contributed by atoms with Gasteiger partial charge in [0.2, 0.25) is 0 Å². The van der Waals surface area contributed by atoms with Gasteiger partial charge in [0.05, 0.1) is 11.7 Å². The summed E-state index contributed by atoms with van der Waals surface area (Å²) in [6, 6.07) is 17.9. The molecule has 0 atom stereocenters. The molecule has 30 heavy (non-hydrogen) atoms. The van der Waals surface area contributed by atoms with Gasteiger partial charge in [-0.1, -0.05) is 48.0 Å². The fourth-order valence-corrected chi connectivity index (χ4v) is 3.28. The van der Waals surface area contributed by atoms with Crippen LogP contribution in [0.3, 0.4) is 0 Å². The first-order chi connectivity index (χ1) is 14.7. The highest BCUT2D eigenvalue weighted by Crippen LogP contribution is 2.34. The minimum atomic E-state index is -0.461. The molecule has 1 saturated carbocycles. The predicted molar refractivity (Wildman–Crippen MR) is 109 cm³/mol. The molecule has 1 aliphatic carbocycles. The maximum Gasteiger partial charge on any atom is 0.342 e. The molecule has 2 aromatic heterocycles. The van der Waals surface area contributed by atoms with E-state index in [1.165, 1.54) is 0 Å². The van der Waals surface area contributed by atoms with Gasteiger partial charge in [0.25, 0.3) is 0 Å². The van der Waals surface area contributed by atoms with Crippen LogP contribution in [-0.4, -0.2) is 36.0 Å². The van der Waals surface area contributed by atoms with Crippen LogP contribution in [0, 0.1) is 6.92 Å². The summed E-state index contributed by atoms with van der Waals surface area (Å²) in [6.45, 7) is 2.05. The van der Waals surface area contributed by atoms with Crippen LogP contribution >= 0.6 is 0 Å². The predicted octanol–water partition coefficient (Wildman–Crippen LogP) is 3.53. The summed E-state index contributed by atoms with van der Waals surface area (Å²) in [6.07, 6.45) is 3.81. The van der Waals surface area contributed by atoms with Gasteiger partial charge >= 0.3 is 5.97 Å². The SMILES string of the molecule is Cc1ccc(-n2cc(C(=O)OCc3nnnn3C3CC3)c(-c3ccccc3)n2)cc1. The minimum Gasteiger partial charge on any atom is -0.454 e. The van der Waals surface area contributed by atoms with Crippen molar-refractivity contribution in [3.63, 3.8) is 0 Å². The number of benzene rings is 2. The molecule has 0 unspecified atom stereocenters. The Labute approximate surface area is 173 Å². The van der Waals surface area contributed by atoms with E-state index in [9.17, 15) is 4.79 Å². The zero-order valence-corrected chi connectivity index (χ0v) is 16.5. The lowest BCUT2D eigenvalue weighted by atomic mass is 10.1. The lowest BCUT2D eigenvalue weighted by Gasteiger charge is -2.05. The van der Waals surface area contributed by atoms with Gasteiger partial charge in [-0.3, -0.25) is 0 Å². The van der Waals surface area contributed by atoms with Crippen LogP contribution in [0.25, 0.3) is 16.9 Å². The van der Waals surface area contributed by atoms with Gasteiger partial charge in [0, 0.05) is 11.8 Å². The third kappa shape index (κ3) is 3.59. The lowest BCUT2D eigenvalue weighted by Crippen LogP contribution is -2.10. The van der Waals surface area contributed by atoms with Crippen molar-refractivity contribution < 1.29 is 9.53 Å². The first kappa shape index (κ1) is 18.2. The van der Waals surface area contributed by atoms with E-state index in [4.69, 9.17) is 4.74 Å². The van der Waals surface area contributed by atoms with Gasteiger partial charge in [-0.15, -0.1) is 5.10 Å². The Morgan fingerprint density at radius 2 is 1.87 bits per heavy atom. The van der Waals surface area contributed by atoms with Gasteiger partial charge in [-0.05, 0) is 42.3 Å². The molecule has 4 aromatic rings. The number of aromatic nitrogens is 6. The maximum absolute atomic E-state index is 13.0. The summed E-state index contributed by atoms with van der Waals surface area (Å²) in [5.41, 5.74) is 3.84. The van der Waals surface area contributed by atoms with Crippen LogP contribution < -0.4 is 0 Å². The molecule has 0 spiro atoms. The number of carbonyl (C=O) groups is 1. The smallest absolute Gasteiger partial charge is 0.342 e. The van der Waals surface area contributed by atoms with Crippen molar-refractivity contribution in [2.24, 2.45) is 0 Å². The first-order valence-corrected chi connectivity index (χ1v) is 9.85. The van der Waals surface area contributed by atoms with Crippen molar-refractivity contribution in [1.29, 1.82) is 0 Å². The molecule has 0 N–H and O–H groups in total. The van der Waals surface area contributed by atoms with Crippen molar-refractivity contribution in [3.05, 3.63) is 77.7 Å². The van der Waals surface area contributed by atoms with Crippen LogP contribution in [0.1, 0.15) is 40.6 Å². The van der Waals surface area contributed by atoms with E-state index in [2.05, 4.69) is 20.6 Å². The van der Waals surface area contributed by atoms with E-state index in [0.29, 0.717) is 23.1 Å². The summed E-state index contributed by atoms with van der Waals surface area (Å²) in [5.74, 6) is 0.0931. The van der Waals surface area contributed by atoms with Crippen molar-refractivity contribution in [2.45, 2.75) is 32.4 Å². The third-order valence-electron chi connectivity index (χ3n) is 5.07. The molecule has 0 bridgehead atoms. The molecule has 150 valence electrons. The van der Waals surface area contributed by atoms with Gasteiger partial charge in [-0.2, -0.15) is 5.10 Å². The van der Waals surface area contributed by atoms with Crippen LogP contribution in [-0.2, 0) is 11.3 Å². The largest absolute Gasteiger partial charge is 0.454 e. The van der Waals surface area contributed by atoms with E-state index in [0.717, 1.165) is 29.7 Å². The summed E-state index contributed by atoms with van der Waals surface area (Å²) in [4.78, 5) is 13.0. The molecule has 0 saturated heterocycles. The summed E-state index contributed by atoms with van der Waals surface area (Å²) < 4.78 is 9.00. The monoisotopic (exact) mass is 400 g/mol. The fourth-order valence-electron chi connectivity index (χ4n) is 3.28. The van der Waals surface area contributed by atoms with Crippen molar-refractivity contribution in [3.8, 4) is 16.9 Å². The number of esters is 1. The van der Waals surface area contributed by atoms with Crippen LogP contribution in [0.4, 0.5) is 0 Å². The van der Waals surface area contributed by atoms with Gasteiger partial charge < -0.3 is 4.74 Å². The summed E-state index contributed by atoms with van der Waals surface area (Å²) in [5, 5.41) is 16.4. The third-order valence-corrected chi connectivity index (χ3v) is 5.07. The average Bonchev–Trinajstić information content (AvgIpc) is 3.34. The van der Waals surface area contributed by atoms with Crippen LogP contribution in [0.15, 0.2) is 60.8 Å². The van der Waals surface area contributed by atoms with Crippen molar-refractivity contribution in [2.75, 3.05) is 0 Å². The molecule has 0 amide bonds. The minimum absolute atomic E-state index is 0.0201. The first-order valence-electron chi connectivity index (χ1n) is 9.85. The second kappa shape index (κ2) is 7.55. The van der Waals surface area contributed by atoms with Crippen molar-refractivity contribution >= 4 is 5.97 Å². The van der Waals surface area contributed by atoms with E-state index in [1.54, 1.807) is 15.6 Å². The standard InChI is InChI=1S/C22H20N6O2/c1-15-7-9-17(10-8-15)27-13-19(21(24-27)16-5-3-2-4-6-16)22(29)30-14-20-23-25-26-28(20)18-11-12-18/h2-10,13,18H,11-12,14H2,1H3. The van der Waals surface area contributed by atoms with E-state index < -0.39 is 5.97 Å². The van der Waals surface area contributed by atoms with Gasteiger partial charge in [-0.25, -0.2) is 14.2 Å². The molecule has 8 heteroatoms. The number of nitrogens with zero attached hydrogens (tertiary/aromatic N) is 6. The Balaban J connectivity index is 1.45. The number of carbonyl (C=O) groups excluding carboxylic acids is 1. The Morgan fingerprint density at radius 3 is 2.60 bits per heavy atom. The van der Waals surface area contributed by atoms with E-state index in [1.807, 2.05) is 61.5 Å². The highest BCUT2D eigenvalue weighted by Gasteiger charge is 2.28. The molecule has 5 rings (SSSR count).